The third-order valence-corrected chi connectivity index (χ3v) is 2.72. The molecule has 1 aromatic carbocycles. The predicted molar refractivity (Wildman–Crippen MR) is 71.6 cm³/mol. The number of rotatable bonds is 4. The summed E-state index contributed by atoms with van der Waals surface area (Å²) in [6.45, 7) is 1.64. The lowest BCUT2D eigenvalue weighted by molar-refractivity contribution is -0.384. The highest BCUT2D eigenvalue weighted by atomic mass is 19.1. The van der Waals surface area contributed by atoms with Gasteiger partial charge in [0.2, 0.25) is 0 Å². The van der Waals surface area contributed by atoms with Gasteiger partial charge >= 0.3 is 0 Å². The second-order valence-electron chi connectivity index (χ2n) is 4.16. The highest BCUT2D eigenvalue weighted by Crippen LogP contribution is 2.30. The number of halogens is 2. The molecule has 0 saturated carbocycles. The zero-order chi connectivity index (χ0) is 15.6. The zero-order valence-corrected chi connectivity index (χ0v) is 11.2. The van der Waals surface area contributed by atoms with Gasteiger partial charge < -0.3 is 10.1 Å². The SMILES string of the molecule is CNc1nc(Oc2cc([N+](=O)[O-])ccc2C)c(F)cc1F. The number of non-ortho nitro benzene ring substituents is 1. The third-order valence-electron chi connectivity index (χ3n) is 2.72. The van der Waals surface area contributed by atoms with Crippen molar-refractivity contribution >= 4 is 11.5 Å². The summed E-state index contributed by atoms with van der Waals surface area (Å²) < 4.78 is 32.2. The minimum Gasteiger partial charge on any atom is -0.436 e. The van der Waals surface area contributed by atoms with Gasteiger partial charge in [0.05, 0.1) is 11.0 Å². The van der Waals surface area contributed by atoms with Crippen molar-refractivity contribution in [3.05, 3.63) is 51.6 Å². The van der Waals surface area contributed by atoms with E-state index in [0.29, 0.717) is 11.6 Å². The molecule has 0 radical (unpaired) electrons. The summed E-state index contributed by atoms with van der Waals surface area (Å²) in [5.74, 6) is -2.45. The van der Waals surface area contributed by atoms with E-state index < -0.39 is 22.4 Å². The Morgan fingerprint density at radius 2 is 2.00 bits per heavy atom. The van der Waals surface area contributed by atoms with Crippen LogP contribution in [0.2, 0.25) is 0 Å². The van der Waals surface area contributed by atoms with E-state index in [1.165, 1.54) is 19.2 Å². The van der Waals surface area contributed by atoms with E-state index in [2.05, 4.69) is 10.3 Å². The number of pyridine rings is 1. The van der Waals surface area contributed by atoms with Crippen molar-refractivity contribution in [2.24, 2.45) is 0 Å². The van der Waals surface area contributed by atoms with Crippen LogP contribution in [0.15, 0.2) is 24.3 Å². The molecule has 0 amide bonds. The van der Waals surface area contributed by atoms with Crippen molar-refractivity contribution < 1.29 is 18.4 Å². The molecule has 1 N–H and O–H groups in total. The first-order chi connectivity index (χ1) is 9.92. The Labute approximate surface area is 118 Å². The number of aromatic nitrogens is 1. The minimum atomic E-state index is -1.00. The number of ether oxygens (including phenoxy) is 1. The molecular weight excluding hydrogens is 284 g/mol. The number of hydrogen-bond acceptors (Lipinski definition) is 5. The second kappa shape index (κ2) is 5.70. The van der Waals surface area contributed by atoms with Crippen molar-refractivity contribution in [2.45, 2.75) is 6.92 Å². The van der Waals surface area contributed by atoms with Gasteiger partial charge in [-0.1, -0.05) is 0 Å². The zero-order valence-electron chi connectivity index (χ0n) is 11.2. The molecule has 0 aliphatic rings. The standard InChI is InChI=1S/C13H11F2N3O3/c1-7-3-4-8(18(19)20)5-11(7)21-13-10(15)6-9(14)12(16-2)17-13/h3-6H,1-2H3,(H,16,17). The molecule has 0 atom stereocenters. The molecule has 0 unspecified atom stereocenters. The first-order valence-corrected chi connectivity index (χ1v) is 5.89. The van der Waals surface area contributed by atoms with Crippen LogP contribution in [0.1, 0.15) is 5.56 Å². The quantitative estimate of drug-likeness (QED) is 0.691. The maximum Gasteiger partial charge on any atom is 0.273 e. The fourth-order valence-electron chi connectivity index (χ4n) is 1.61. The molecule has 0 bridgehead atoms. The van der Waals surface area contributed by atoms with Crippen molar-refractivity contribution in [2.75, 3.05) is 12.4 Å². The second-order valence-corrected chi connectivity index (χ2v) is 4.16. The van der Waals surface area contributed by atoms with Gasteiger partial charge in [-0.05, 0) is 18.6 Å². The monoisotopic (exact) mass is 295 g/mol. The average Bonchev–Trinajstić information content (AvgIpc) is 2.43. The van der Waals surface area contributed by atoms with E-state index in [0.717, 1.165) is 6.07 Å². The number of anilines is 1. The Morgan fingerprint density at radius 3 is 2.62 bits per heavy atom. The summed E-state index contributed by atoms with van der Waals surface area (Å²) in [5.41, 5.74) is 0.351. The van der Waals surface area contributed by atoms with Gasteiger partial charge in [0.25, 0.3) is 11.6 Å². The fraction of sp³-hybridized carbons (Fsp3) is 0.154. The highest BCUT2D eigenvalue weighted by molar-refractivity contribution is 5.46. The van der Waals surface area contributed by atoms with E-state index in [1.807, 2.05) is 0 Å². The highest BCUT2D eigenvalue weighted by Gasteiger charge is 2.16. The summed E-state index contributed by atoms with van der Waals surface area (Å²) in [6.07, 6.45) is 0. The number of nitro benzene ring substituents is 1. The van der Waals surface area contributed by atoms with Gasteiger partial charge in [0.15, 0.2) is 17.5 Å². The van der Waals surface area contributed by atoms with Gasteiger partial charge in [-0.3, -0.25) is 10.1 Å². The van der Waals surface area contributed by atoms with Crippen molar-refractivity contribution in [3.63, 3.8) is 0 Å². The van der Waals surface area contributed by atoms with E-state index >= 15 is 0 Å². The molecule has 2 rings (SSSR count). The molecule has 110 valence electrons. The summed E-state index contributed by atoms with van der Waals surface area (Å²) in [6, 6.07) is 4.54. The van der Waals surface area contributed by atoms with Crippen LogP contribution in [0.25, 0.3) is 0 Å². The van der Waals surface area contributed by atoms with Crippen molar-refractivity contribution in [3.8, 4) is 11.6 Å². The Hall–Kier alpha value is -2.77. The number of benzene rings is 1. The van der Waals surface area contributed by atoms with Crippen LogP contribution in [0.3, 0.4) is 0 Å². The van der Waals surface area contributed by atoms with E-state index in [1.54, 1.807) is 6.92 Å². The Balaban J connectivity index is 2.42. The van der Waals surface area contributed by atoms with Crippen LogP contribution in [-0.2, 0) is 0 Å². The summed E-state index contributed by atoms with van der Waals surface area (Å²) in [7, 11) is 1.42. The summed E-state index contributed by atoms with van der Waals surface area (Å²) in [4.78, 5) is 13.8. The van der Waals surface area contributed by atoms with Crippen LogP contribution >= 0.6 is 0 Å². The predicted octanol–water partition coefficient (Wildman–Crippen LogP) is 3.41. The minimum absolute atomic E-state index is 0.0734. The fourth-order valence-corrected chi connectivity index (χ4v) is 1.61. The lowest BCUT2D eigenvalue weighted by Gasteiger charge is -2.10. The van der Waals surface area contributed by atoms with Crippen LogP contribution < -0.4 is 10.1 Å². The maximum atomic E-state index is 13.7. The van der Waals surface area contributed by atoms with Gasteiger partial charge in [-0.25, -0.2) is 8.78 Å². The molecule has 0 aliphatic carbocycles. The summed E-state index contributed by atoms with van der Waals surface area (Å²) in [5, 5.41) is 13.2. The van der Waals surface area contributed by atoms with Crippen molar-refractivity contribution in [1.29, 1.82) is 0 Å². The number of nitrogens with one attached hydrogen (secondary N) is 1. The van der Waals surface area contributed by atoms with Gasteiger partial charge in [-0.2, -0.15) is 4.98 Å². The Kier molecular flexibility index (Phi) is 3.97. The molecule has 0 aliphatic heterocycles. The van der Waals surface area contributed by atoms with E-state index in [-0.39, 0.29) is 17.3 Å². The van der Waals surface area contributed by atoms with Crippen LogP contribution in [0, 0.1) is 28.7 Å². The van der Waals surface area contributed by atoms with Crippen molar-refractivity contribution in [1.82, 2.24) is 4.98 Å². The molecule has 1 heterocycles. The van der Waals surface area contributed by atoms with E-state index in [9.17, 15) is 18.9 Å². The number of hydrogen-bond donors (Lipinski definition) is 1. The number of nitrogens with zero attached hydrogens (tertiary/aromatic N) is 2. The lowest BCUT2D eigenvalue weighted by Crippen LogP contribution is -2.01. The third kappa shape index (κ3) is 3.04. The van der Waals surface area contributed by atoms with Crippen LogP contribution in [-0.4, -0.2) is 17.0 Å². The molecule has 2 aromatic rings. The Bertz CT molecular complexity index is 707. The first-order valence-electron chi connectivity index (χ1n) is 5.89. The molecule has 0 saturated heterocycles. The smallest absolute Gasteiger partial charge is 0.273 e. The van der Waals surface area contributed by atoms with Crippen LogP contribution in [0.4, 0.5) is 20.3 Å². The summed E-state index contributed by atoms with van der Waals surface area (Å²) >= 11 is 0. The van der Waals surface area contributed by atoms with Gasteiger partial charge in [0.1, 0.15) is 5.75 Å². The normalized spacial score (nSPS) is 10.3. The topological polar surface area (TPSA) is 77.3 Å². The first kappa shape index (κ1) is 14.6. The number of nitro groups is 1. The molecule has 21 heavy (non-hydrogen) atoms. The Morgan fingerprint density at radius 1 is 1.29 bits per heavy atom. The molecule has 0 fully saturated rings. The molecule has 6 nitrogen and oxygen atoms in total. The van der Waals surface area contributed by atoms with Crippen LogP contribution in [0.5, 0.6) is 11.6 Å². The average molecular weight is 295 g/mol. The lowest BCUT2D eigenvalue weighted by atomic mass is 10.2. The van der Waals surface area contributed by atoms with Gasteiger partial charge in [0, 0.05) is 19.2 Å². The maximum absolute atomic E-state index is 13.7. The number of aryl methyl sites for hydroxylation is 1. The molecule has 0 spiro atoms. The van der Waals surface area contributed by atoms with Gasteiger partial charge in [-0.15, -0.1) is 0 Å². The molecule has 1 aromatic heterocycles. The van der Waals surface area contributed by atoms with E-state index in [4.69, 9.17) is 4.74 Å². The molecular formula is C13H11F2N3O3. The largest absolute Gasteiger partial charge is 0.436 e. The molecule has 8 heteroatoms.